The van der Waals surface area contributed by atoms with E-state index in [4.69, 9.17) is 21.4 Å². The molecule has 1 aromatic rings. The molecule has 0 aliphatic rings. The van der Waals surface area contributed by atoms with Gasteiger partial charge < -0.3 is 15.2 Å². The molecule has 1 rings (SSSR count). The van der Waals surface area contributed by atoms with E-state index >= 15 is 0 Å². The minimum atomic E-state index is -1.09. The lowest BCUT2D eigenvalue weighted by molar-refractivity contribution is -0.143. The number of allylic oxidation sites excluding steroid dienone is 1. The molecule has 0 radical (unpaired) electrons. The number of aliphatic carboxylic acids is 1. The number of carbonyl (C=O) groups excluding carboxylic acids is 1. The monoisotopic (exact) mass is 311 g/mol. The summed E-state index contributed by atoms with van der Waals surface area (Å²) in [5.41, 5.74) is 0. The van der Waals surface area contributed by atoms with E-state index in [2.05, 4.69) is 11.9 Å². The van der Waals surface area contributed by atoms with Crippen molar-refractivity contribution in [3.63, 3.8) is 0 Å². The fourth-order valence-corrected chi connectivity index (χ4v) is 1.80. The van der Waals surface area contributed by atoms with Gasteiger partial charge in [-0.3, -0.25) is 4.79 Å². The van der Waals surface area contributed by atoms with Crippen molar-refractivity contribution < 1.29 is 19.4 Å². The Morgan fingerprint density at radius 1 is 1.48 bits per heavy atom. The fourth-order valence-electron chi connectivity index (χ4n) is 1.62. The second kappa shape index (κ2) is 8.32. The lowest BCUT2D eigenvalue weighted by atomic mass is 10.1. The predicted octanol–water partition coefficient (Wildman–Crippen LogP) is 2.64. The van der Waals surface area contributed by atoms with Gasteiger partial charge in [-0.25, -0.2) is 4.79 Å². The maximum Gasteiger partial charge on any atom is 0.326 e. The Labute approximate surface area is 128 Å². The summed E-state index contributed by atoms with van der Waals surface area (Å²) in [6.45, 7) is 5.06. The van der Waals surface area contributed by atoms with E-state index < -0.39 is 24.0 Å². The van der Waals surface area contributed by atoms with E-state index in [9.17, 15) is 9.59 Å². The van der Waals surface area contributed by atoms with Gasteiger partial charge >= 0.3 is 5.97 Å². The number of ether oxygens (including phenoxy) is 1. The molecular weight excluding hydrogens is 294 g/mol. The summed E-state index contributed by atoms with van der Waals surface area (Å²) in [5.74, 6) is -1.22. The zero-order valence-electron chi connectivity index (χ0n) is 11.7. The number of hydrogen-bond donors (Lipinski definition) is 2. The number of amides is 1. The normalized spacial score (nSPS) is 13.0. The molecule has 6 heteroatoms. The first-order valence-electron chi connectivity index (χ1n) is 6.51. The van der Waals surface area contributed by atoms with Crippen molar-refractivity contribution >= 4 is 23.5 Å². The highest BCUT2D eigenvalue weighted by atomic mass is 35.5. The van der Waals surface area contributed by atoms with Crippen LogP contribution in [0, 0.1) is 0 Å². The second-order valence-electron chi connectivity index (χ2n) is 4.46. The molecule has 0 spiro atoms. The molecule has 0 saturated heterocycles. The summed E-state index contributed by atoms with van der Waals surface area (Å²) >= 11 is 5.94. The molecule has 0 fully saturated rings. The molecule has 0 aliphatic carbocycles. The molecular formula is C15H18ClNO4. The van der Waals surface area contributed by atoms with E-state index in [-0.39, 0.29) is 6.42 Å². The van der Waals surface area contributed by atoms with Crippen molar-refractivity contribution in [1.29, 1.82) is 0 Å². The number of rotatable bonds is 8. The molecule has 0 aromatic heterocycles. The van der Waals surface area contributed by atoms with Gasteiger partial charge in [0, 0.05) is 0 Å². The Hall–Kier alpha value is -2.01. The van der Waals surface area contributed by atoms with Crippen LogP contribution in [-0.4, -0.2) is 29.1 Å². The van der Waals surface area contributed by atoms with Gasteiger partial charge in [-0.2, -0.15) is 0 Å². The van der Waals surface area contributed by atoms with Crippen LogP contribution in [0.3, 0.4) is 0 Å². The molecule has 2 unspecified atom stereocenters. The number of para-hydroxylation sites is 1. The molecule has 2 atom stereocenters. The Morgan fingerprint density at radius 3 is 2.71 bits per heavy atom. The lowest BCUT2D eigenvalue weighted by Gasteiger charge is -2.19. The molecule has 114 valence electrons. The number of carbonyl (C=O) groups is 2. The molecule has 1 aromatic carbocycles. The molecule has 0 aliphatic heterocycles. The SMILES string of the molecule is C=CCCC(NC(=O)C(C)Oc1ccccc1Cl)C(=O)O. The van der Waals surface area contributed by atoms with Crippen molar-refractivity contribution in [1.82, 2.24) is 5.32 Å². The van der Waals surface area contributed by atoms with Crippen LogP contribution in [0.25, 0.3) is 0 Å². The largest absolute Gasteiger partial charge is 0.480 e. The first-order chi connectivity index (χ1) is 9.95. The predicted molar refractivity (Wildman–Crippen MR) is 80.5 cm³/mol. The Kier molecular flexibility index (Phi) is 6.75. The van der Waals surface area contributed by atoms with E-state index in [1.807, 2.05) is 0 Å². The maximum absolute atomic E-state index is 12.0. The molecule has 5 nitrogen and oxygen atoms in total. The van der Waals surface area contributed by atoms with Gasteiger partial charge in [-0.1, -0.05) is 29.8 Å². The van der Waals surface area contributed by atoms with Gasteiger partial charge in [-0.15, -0.1) is 6.58 Å². The number of carboxylic acid groups (broad SMARTS) is 1. The number of carboxylic acids is 1. The Morgan fingerprint density at radius 2 is 2.14 bits per heavy atom. The van der Waals surface area contributed by atoms with Gasteiger partial charge in [0.1, 0.15) is 11.8 Å². The fraction of sp³-hybridized carbons (Fsp3) is 0.333. The van der Waals surface area contributed by atoms with Gasteiger partial charge in [0.15, 0.2) is 6.10 Å². The highest BCUT2D eigenvalue weighted by Crippen LogP contribution is 2.24. The summed E-state index contributed by atoms with van der Waals surface area (Å²) in [7, 11) is 0. The quantitative estimate of drug-likeness (QED) is 0.724. The summed E-state index contributed by atoms with van der Waals surface area (Å²) < 4.78 is 5.43. The summed E-state index contributed by atoms with van der Waals surface area (Å²) in [6.07, 6.45) is 1.53. The van der Waals surface area contributed by atoms with Gasteiger partial charge in [0.25, 0.3) is 5.91 Å². The summed E-state index contributed by atoms with van der Waals surface area (Å²) in [6, 6.07) is 5.79. The van der Waals surface area contributed by atoms with Crippen LogP contribution in [-0.2, 0) is 9.59 Å². The third-order valence-electron chi connectivity index (χ3n) is 2.78. The van der Waals surface area contributed by atoms with Crippen molar-refractivity contribution in [2.75, 3.05) is 0 Å². The number of halogens is 1. The van der Waals surface area contributed by atoms with Crippen LogP contribution >= 0.6 is 11.6 Å². The van der Waals surface area contributed by atoms with Crippen LogP contribution in [0.2, 0.25) is 5.02 Å². The van der Waals surface area contributed by atoms with E-state index in [0.29, 0.717) is 17.2 Å². The summed E-state index contributed by atoms with van der Waals surface area (Å²) in [5, 5.41) is 11.9. The van der Waals surface area contributed by atoms with E-state index in [1.54, 1.807) is 30.3 Å². The minimum Gasteiger partial charge on any atom is -0.480 e. The van der Waals surface area contributed by atoms with Gasteiger partial charge in [0.05, 0.1) is 5.02 Å². The van der Waals surface area contributed by atoms with Crippen LogP contribution in [0.4, 0.5) is 0 Å². The smallest absolute Gasteiger partial charge is 0.326 e. The van der Waals surface area contributed by atoms with Gasteiger partial charge in [0.2, 0.25) is 0 Å². The van der Waals surface area contributed by atoms with Crippen LogP contribution in [0.1, 0.15) is 19.8 Å². The van der Waals surface area contributed by atoms with Crippen LogP contribution in [0.15, 0.2) is 36.9 Å². The van der Waals surface area contributed by atoms with Crippen molar-refractivity contribution in [3.8, 4) is 5.75 Å². The zero-order chi connectivity index (χ0) is 15.8. The first kappa shape index (κ1) is 17.0. The second-order valence-corrected chi connectivity index (χ2v) is 4.86. The average molecular weight is 312 g/mol. The first-order valence-corrected chi connectivity index (χ1v) is 6.88. The topological polar surface area (TPSA) is 75.6 Å². The molecule has 0 saturated carbocycles. The standard InChI is InChI=1S/C15H18ClNO4/c1-3-4-8-12(15(19)20)17-14(18)10(2)21-13-9-6-5-7-11(13)16/h3,5-7,9-10,12H,1,4,8H2,2H3,(H,17,18)(H,19,20). The van der Waals surface area contributed by atoms with Gasteiger partial charge in [-0.05, 0) is 31.9 Å². The number of nitrogens with one attached hydrogen (secondary N) is 1. The lowest BCUT2D eigenvalue weighted by Crippen LogP contribution is -2.46. The number of benzene rings is 1. The molecule has 0 bridgehead atoms. The third-order valence-corrected chi connectivity index (χ3v) is 3.10. The van der Waals surface area contributed by atoms with E-state index in [1.165, 1.54) is 6.92 Å². The molecule has 2 N–H and O–H groups in total. The molecule has 1 amide bonds. The van der Waals surface area contributed by atoms with Crippen molar-refractivity contribution in [2.24, 2.45) is 0 Å². The Balaban J connectivity index is 2.63. The molecule has 0 heterocycles. The number of hydrogen-bond acceptors (Lipinski definition) is 3. The zero-order valence-corrected chi connectivity index (χ0v) is 12.5. The summed E-state index contributed by atoms with van der Waals surface area (Å²) in [4.78, 5) is 23.0. The molecule has 21 heavy (non-hydrogen) atoms. The van der Waals surface area contributed by atoms with Crippen molar-refractivity contribution in [2.45, 2.75) is 31.9 Å². The van der Waals surface area contributed by atoms with Crippen molar-refractivity contribution in [3.05, 3.63) is 41.9 Å². The van der Waals surface area contributed by atoms with E-state index in [0.717, 1.165) is 0 Å². The highest BCUT2D eigenvalue weighted by Gasteiger charge is 2.23. The third kappa shape index (κ3) is 5.47. The average Bonchev–Trinajstić information content (AvgIpc) is 2.45. The highest BCUT2D eigenvalue weighted by molar-refractivity contribution is 6.32. The van der Waals surface area contributed by atoms with Crippen LogP contribution in [0.5, 0.6) is 5.75 Å². The van der Waals surface area contributed by atoms with Crippen LogP contribution < -0.4 is 10.1 Å². The Bertz CT molecular complexity index is 518. The maximum atomic E-state index is 12.0. The minimum absolute atomic E-state index is 0.281.